The molecule has 0 bridgehead atoms. The molecule has 0 spiro atoms. The van der Waals surface area contributed by atoms with Gasteiger partial charge in [0.25, 0.3) is 0 Å². The lowest BCUT2D eigenvalue weighted by atomic mass is 9.96. The number of imidazole rings is 1. The number of hydrogen-bond acceptors (Lipinski definition) is 3. The van der Waals surface area contributed by atoms with E-state index in [1.165, 1.54) is 0 Å². The minimum absolute atomic E-state index is 0.00228. The Morgan fingerprint density at radius 2 is 2.38 bits per heavy atom. The highest BCUT2D eigenvalue weighted by Gasteiger charge is 2.19. The lowest BCUT2D eigenvalue weighted by Crippen LogP contribution is -2.36. The number of carbonyl (C=O) groups is 1. The molecule has 5 heteroatoms. The van der Waals surface area contributed by atoms with Crippen LogP contribution in [0.5, 0.6) is 0 Å². The van der Waals surface area contributed by atoms with Crippen molar-refractivity contribution in [1.82, 2.24) is 9.97 Å². The quantitative estimate of drug-likeness (QED) is 0.675. The summed E-state index contributed by atoms with van der Waals surface area (Å²) in [6, 6.07) is -0.763. The van der Waals surface area contributed by atoms with E-state index in [4.69, 9.17) is 10.8 Å². The average Bonchev–Trinajstić information content (AvgIpc) is 2.62. The maximum absolute atomic E-state index is 10.6. The normalized spacial score (nSPS) is 14.7. The molecule has 0 amide bonds. The SMILES string of the molecule is Cc1nc(CCCC(C)[C@H](N)C(=O)O)c[nH]1. The largest absolute Gasteiger partial charge is 0.480 e. The van der Waals surface area contributed by atoms with Gasteiger partial charge in [0.15, 0.2) is 0 Å². The summed E-state index contributed by atoms with van der Waals surface area (Å²) in [4.78, 5) is 17.9. The molecule has 0 fully saturated rings. The third kappa shape index (κ3) is 3.66. The van der Waals surface area contributed by atoms with Crippen LogP contribution in [0, 0.1) is 12.8 Å². The van der Waals surface area contributed by atoms with Crippen LogP contribution in [0.2, 0.25) is 0 Å². The number of nitrogens with zero attached hydrogens (tertiary/aromatic N) is 1. The van der Waals surface area contributed by atoms with Gasteiger partial charge in [0.05, 0.1) is 5.69 Å². The standard InChI is InChI=1S/C11H19N3O2/c1-7(10(12)11(15)16)4-3-5-9-6-13-8(2)14-9/h6-7,10H,3-5,12H2,1-2H3,(H,13,14)(H,15,16)/t7?,10-/m0/s1. The molecule has 0 aliphatic rings. The fourth-order valence-corrected chi connectivity index (χ4v) is 1.62. The molecule has 0 saturated heterocycles. The van der Waals surface area contributed by atoms with Gasteiger partial charge in [-0.25, -0.2) is 4.98 Å². The van der Waals surface area contributed by atoms with Crippen LogP contribution >= 0.6 is 0 Å². The Kier molecular flexibility index (Phi) is 4.49. The molecule has 0 aromatic carbocycles. The minimum Gasteiger partial charge on any atom is -0.480 e. The van der Waals surface area contributed by atoms with Crippen molar-refractivity contribution < 1.29 is 9.90 Å². The maximum Gasteiger partial charge on any atom is 0.320 e. The Labute approximate surface area is 95.1 Å². The molecule has 0 aliphatic carbocycles. The van der Waals surface area contributed by atoms with E-state index in [2.05, 4.69) is 9.97 Å². The highest BCUT2D eigenvalue weighted by Crippen LogP contribution is 2.12. The molecule has 1 aromatic rings. The molecule has 90 valence electrons. The maximum atomic E-state index is 10.6. The number of rotatable bonds is 6. The lowest BCUT2D eigenvalue weighted by Gasteiger charge is -2.14. The van der Waals surface area contributed by atoms with E-state index in [-0.39, 0.29) is 5.92 Å². The van der Waals surface area contributed by atoms with E-state index in [1.54, 1.807) is 0 Å². The first-order valence-electron chi connectivity index (χ1n) is 5.50. The van der Waals surface area contributed by atoms with Crippen molar-refractivity contribution in [2.24, 2.45) is 11.7 Å². The summed E-state index contributed by atoms with van der Waals surface area (Å²) in [5.74, 6) is -0.0223. The summed E-state index contributed by atoms with van der Waals surface area (Å²) in [5.41, 5.74) is 6.54. The Morgan fingerprint density at radius 1 is 1.69 bits per heavy atom. The third-order valence-corrected chi connectivity index (χ3v) is 2.75. The third-order valence-electron chi connectivity index (χ3n) is 2.75. The smallest absolute Gasteiger partial charge is 0.320 e. The summed E-state index contributed by atoms with van der Waals surface area (Å²) >= 11 is 0. The molecular formula is C11H19N3O2. The number of nitrogens with one attached hydrogen (secondary N) is 1. The second-order valence-electron chi connectivity index (χ2n) is 4.21. The predicted molar refractivity (Wildman–Crippen MR) is 61.0 cm³/mol. The van der Waals surface area contributed by atoms with Crippen molar-refractivity contribution in [1.29, 1.82) is 0 Å². The Hall–Kier alpha value is -1.36. The first-order valence-corrected chi connectivity index (χ1v) is 5.50. The molecule has 2 atom stereocenters. The van der Waals surface area contributed by atoms with Gasteiger partial charge in [-0.15, -0.1) is 0 Å². The summed E-state index contributed by atoms with van der Waals surface area (Å²) in [5, 5.41) is 8.73. The van der Waals surface area contributed by atoms with Crippen LogP contribution in [0.15, 0.2) is 6.20 Å². The van der Waals surface area contributed by atoms with E-state index in [0.717, 1.165) is 30.8 Å². The van der Waals surface area contributed by atoms with Gasteiger partial charge in [-0.2, -0.15) is 0 Å². The second-order valence-corrected chi connectivity index (χ2v) is 4.21. The van der Waals surface area contributed by atoms with Crippen LogP contribution in [0.3, 0.4) is 0 Å². The van der Waals surface area contributed by atoms with Gasteiger partial charge in [-0.05, 0) is 32.1 Å². The molecule has 0 aliphatic heterocycles. The van der Waals surface area contributed by atoms with Crippen LogP contribution in [0.25, 0.3) is 0 Å². The van der Waals surface area contributed by atoms with Crippen LogP contribution < -0.4 is 5.73 Å². The van der Waals surface area contributed by atoms with Crippen molar-refractivity contribution in [2.45, 2.75) is 39.2 Å². The first kappa shape index (κ1) is 12.7. The second kappa shape index (κ2) is 5.65. The topological polar surface area (TPSA) is 92.0 Å². The average molecular weight is 225 g/mol. The fraction of sp³-hybridized carbons (Fsp3) is 0.636. The monoisotopic (exact) mass is 225 g/mol. The molecule has 5 nitrogen and oxygen atoms in total. The molecular weight excluding hydrogens is 206 g/mol. The van der Waals surface area contributed by atoms with Gasteiger partial charge < -0.3 is 15.8 Å². The lowest BCUT2D eigenvalue weighted by molar-refractivity contribution is -0.139. The van der Waals surface area contributed by atoms with Crippen LogP contribution in [0.4, 0.5) is 0 Å². The summed E-state index contributed by atoms with van der Waals surface area (Å²) in [6.45, 7) is 3.78. The Bertz CT molecular complexity index is 349. The first-order chi connectivity index (χ1) is 7.50. The van der Waals surface area contributed by atoms with E-state index in [1.807, 2.05) is 20.0 Å². The number of aryl methyl sites for hydroxylation is 2. The van der Waals surface area contributed by atoms with E-state index >= 15 is 0 Å². The molecule has 1 rings (SSSR count). The van der Waals surface area contributed by atoms with Crippen molar-refractivity contribution >= 4 is 5.97 Å². The van der Waals surface area contributed by atoms with E-state index in [0.29, 0.717) is 0 Å². The highest BCUT2D eigenvalue weighted by atomic mass is 16.4. The van der Waals surface area contributed by atoms with Crippen molar-refractivity contribution in [3.05, 3.63) is 17.7 Å². The number of carboxylic acid groups (broad SMARTS) is 1. The van der Waals surface area contributed by atoms with Crippen LogP contribution in [0.1, 0.15) is 31.3 Å². The fourth-order valence-electron chi connectivity index (χ4n) is 1.62. The van der Waals surface area contributed by atoms with Gasteiger partial charge >= 0.3 is 5.97 Å². The molecule has 0 radical (unpaired) electrons. The van der Waals surface area contributed by atoms with Gasteiger partial charge in [-0.1, -0.05) is 6.92 Å². The van der Waals surface area contributed by atoms with Gasteiger partial charge in [-0.3, -0.25) is 4.79 Å². The van der Waals surface area contributed by atoms with Crippen molar-refractivity contribution in [2.75, 3.05) is 0 Å². The van der Waals surface area contributed by atoms with Crippen LogP contribution in [-0.2, 0) is 11.2 Å². The van der Waals surface area contributed by atoms with Gasteiger partial charge in [0.2, 0.25) is 0 Å². The summed E-state index contributed by atoms with van der Waals surface area (Å²) in [6.07, 6.45) is 4.46. The number of aliphatic carboxylic acids is 1. The number of aromatic amines is 1. The zero-order valence-electron chi connectivity index (χ0n) is 9.73. The number of H-pyrrole nitrogens is 1. The number of nitrogens with two attached hydrogens (primary N) is 1. The summed E-state index contributed by atoms with van der Waals surface area (Å²) < 4.78 is 0. The van der Waals surface area contributed by atoms with Crippen molar-refractivity contribution in [3.63, 3.8) is 0 Å². The number of aromatic nitrogens is 2. The van der Waals surface area contributed by atoms with Gasteiger partial charge in [0.1, 0.15) is 11.9 Å². The molecule has 1 aromatic heterocycles. The van der Waals surface area contributed by atoms with Crippen molar-refractivity contribution in [3.8, 4) is 0 Å². The van der Waals surface area contributed by atoms with Gasteiger partial charge in [0, 0.05) is 6.20 Å². The predicted octanol–water partition coefficient (Wildman–Crippen LogP) is 1.09. The molecule has 4 N–H and O–H groups in total. The molecule has 1 unspecified atom stereocenters. The molecule has 16 heavy (non-hydrogen) atoms. The number of hydrogen-bond donors (Lipinski definition) is 3. The van der Waals surface area contributed by atoms with E-state index < -0.39 is 12.0 Å². The summed E-state index contributed by atoms with van der Waals surface area (Å²) in [7, 11) is 0. The number of carboxylic acids is 1. The van der Waals surface area contributed by atoms with Crippen LogP contribution in [-0.4, -0.2) is 27.1 Å². The molecule has 0 saturated carbocycles. The minimum atomic E-state index is -0.928. The molecule has 1 heterocycles. The highest BCUT2D eigenvalue weighted by molar-refractivity contribution is 5.73. The Morgan fingerprint density at radius 3 is 2.88 bits per heavy atom. The Balaban J connectivity index is 2.27. The zero-order valence-corrected chi connectivity index (χ0v) is 9.73. The zero-order chi connectivity index (χ0) is 12.1. The van der Waals surface area contributed by atoms with E-state index in [9.17, 15) is 4.79 Å².